The molecule has 12 heteroatoms. The second-order valence-corrected chi connectivity index (χ2v) is 10.6. The zero-order valence-electron chi connectivity index (χ0n) is 20.4. The highest BCUT2D eigenvalue weighted by Gasteiger charge is 2.22. The maximum absolute atomic E-state index is 12.5. The molecule has 0 spiro atoms. The number of carbonyl (C=O) groups is 1. The summed E-state index contributed by atoms with van der Waals surface area (Å²) in [5.41, 5.74) is 1.68. The first-order valence-corrected chi connectivity index (χ1v) is 13.5. The van der Waals surface area contributed by atoms with Crippen molar-refractivity contribution < 1.29 is 9.53 Å². The number of benzene rings is 1. The second kappa shape index (κ2) is 10.3. The van der Waals surface area contributed by atoms with Crippen LogP contribution in [0.3, 0.4) is 0 Å². The molecule has 192 valence electrons. The van der Waals surface area contributed by atoms with Gasteiger partial charge in [0.2, 0.25) is 11.8 Å². The molecule has 2 aliphatic rings. The van der Waals surface area contributed by atoms with Crippen LogP contribution >= 0.6 is 22.9 Å². The van der Waals surface area contributed by atoms with Crippen molar-refractivity contribution in [1.29, 1.82) is 0 Å². The maximum atomic E-state index is 12.5. The number of aromatic nitrogens is 3. The van der Waals surface area contributed by atoms with Crippen molar-refractivity contribution in [3.05, 3.63) is 40.4 Å². The number of fused-ring (bicyclic) bond motifs is 5. The van der Waals surface area contributed by atoms with Gasteiger partial charge in [-0.1, -0.05) is 11.6 Å². The molecule has 0 saturated carbocycles. The molecule has 0 radical (unpaired) electrons. The highest BCUT2D eigenvalue weighted by atomic mass is 35.5. The topological polar surface area (TPSA) is 108 Å². The molecular weight excluding hydrogens is 512 g/mol. The monoisotopic (exact) mass is 538 g/mol. The van der Waals surface area contributed by atoms with E-state index in [-0.39, 0.29) is 5.91 Å². The number of piperazine rings is 1. The third-order valence-corrected chi connectivity index (χ3v) is 7.95. The van der Waals surface area contributed by atoms with Crippen LogP contribution in [-0.2, 0) is 0 Å². The smallest absolute Gasteiger partial charge is 0.263 e. The average molecular weight is 539 g/mol. The van der Waals surface area contributed by atoms with Gasteiger partial charge in [0, 0.05) is 67.4 Å². The van der Waals surface area contributed by atoms with Crippen LogP contribution in [0.2, 0.25) is 5.15 Å². The Balaban J connectivity index is 1.20. The number of hydrogen-bond acceptors (Lipinski definition) is 10. The Kier molecular flexibility index (Phi) is 6.68. The number of anilines is 3. The molecular formula is C25H27ClN8O2S. The van der Waals surface area contributed by atoms with E-state index in [9.17, 15) is 4.79 Å². The van der Waals surface area contributed by atoms with E-state index >= 15 is 0 Å². The van der Waals surface area contributed by atoms with Crippen LogP contribution in [0.15, 0.2) is 30.3 Å². The van der Waals surface area contributed by atoms with Crippen molar-refractivity contribution in [2.24, 2.45) is 0 Å². The molecule has 10 nitrogen and oxygen atoms in total. The minimum absolute atomic E-state index is 0.0414. The lowest BCUT2D eigenvalue weighted by atomic mass is 10.1. The Bertz CT molecular complexity index is 1470. The quantitative estimate of drug-likeness (QED) is 0.318. The summed E-state index contributed by atoms with van der Waals surface area (Å²) in [6.07, 6.45) is 0. The molecule has 0 unspecified atom stereocenters. The van der Waals surface area contributed by atoms with Gasteiger partial charge < -0.3 is 25.6 Å². The second-order valence-electron chi connectivity index (χ2n) is 9.16. The number of hydrogen-bond donors (Lipinski definition) is 3. The SMILES string of the molecule is CN1CCN(CCOc2cc(Cl)nc(Nc3ccc4c(ccc5sc6c(c54)NCCNC6=O)n3)n2)CC1. The van der Waals surface area contributed by atoms with Gasteiger partial charge in [0.15, 0.2) is 0 Å². The Labute approximate surface area is 223 Å². The Hall–Kier alpha value is -3.25. The van der Waals surface area contributed by atoms with Crippen molar-refractivity contribution in [2.75, 3.05) is 70.1 Å². The number of rotatable bonds is 6. The van der Waals surface area contributed by atoms with E-state index in [0.717, 1.165) is 59.4 Å². The van der Waals surface area contributed by atoms with Crippen molar-refractivity contribution in [2.45, 2.75) is 0 Å². The molecule has 0 bridgehead atoms. The maximum Gasteiger partial charge on any atom is 0.263 e. The first-order valence-electron chi connectivity index (χ1n) is 12.3. The molecule has 1 aromatic carbocycles. The summed E-state index contributed by atoms with van der Waals surface area (Å²) < 4.78 is 6.93. The molecule has 4 aromatic rings. The standard InChI is InChI=1S/C25H27ClN8O2S/c1-33-8-10-34(11-9-33)12-13-36-20-14-18(26)30-25(32-20)31-19-5-2-15-16(29-19)3-4-17-21(15)22-23(37-17)24(35)28-7-6-27-22/h2-5,14,27H,6-13H2,1H3,(H,28,35)(H,29,30,31,32). The number of likely N-dealkylation sites (N-methyl/N-ethyl adjacent to an activating group) is 1. The predicted molar refractivity (Wildman–Crippen MR) is 148 cm³/mol. The minimum atomic E-state index is -0.0414. The van der Waals surface area contributed by atoms with Gasteiger partial charge in [0.25, 0.3) is 5.91 Å². The van der Waals surface area contributed by atoms with E-state index < -0.39 is 0 Å². The predicted octanol–water partition coefficient (Wildman–Crippen LogP) is 3.42. The van der Waals surface area contributed by atoms with Crippen molar-refractivity contribution in [1.82, 2.24) is 30.1 Å². The minimum Gasteiger partial charge on any atom is -0.476 e. The lowest BCUT2D eigenvalue weighted by molar-refractivity contribution is 0.0962. The van der Waals surface area contributed by atoms with Gasteiger partial charge in [-0.2, -0.15) is 4.98 Å². The number of nitrogens with one attached hydrogen (secondary N) is 3. The highest BCUT2D eigenvalue weighted by molar-refractivity contribution is 7.21. The summed E-state index contributed by atoms with van der Waals surface area (Å²) in [5.74, 6) is 1.28. The molecule has 1 amide bonds. The average Bonchev–Trinajstić information content (AvgIpc) is 3.17. The van der Waals surface area contributed by atoms with Crippen LogP contribution in [0, 0.1) is 0 Å². The molecule has 0 atom stereocenters. The number of halogens is 1. The van der Waals surface area contributed by atoms with Crippen molar-refractivity contribution in [3.8, 4) is 5.88 Å². The molecule has 1 saturated heterocycles. The largest absolute Gasteiger partial charge is 0.476 e. The molecule has 1 fully saturated rings. The summed E-state index contributed by atoms with van der Waals surface area (Å²) in [6.45, 7) is 6.85. The van der Waals surface area contributed by atoms with Gasteiger partial charge >= 0.3 is 0 Å². The lowest BCUT2D eigenvalue weighted by Gasteiger charge is -2.32. The van der Waals surface area contributed by atoms with Gasteiger partial charge in [0.05, 0.1) is 11.2 Å². The molecule has 0 aliphatic carbocycles. The van der Waals surface area contributed by atoms with Crippen LogP contribution in [0.4, 0.5) is 17.5 Å². The number of carbonyl (C=O) groups excluding carboxylic acids is 1. The third kappa shape index (κ3) is 5.12. The Morgan fingerprint density at radius 3 is 2.78 bits per heavy atom. The van der Waals surface area contributed by atoms with Gasteiger partial charge in [-0.15, -0.1) is 11.3 Å². The van der Waals surface area contributed by atoms with E-state index in [4.69, 9.17) is 21.3 Å². The van der Waals surface area contributed by atoms with Crippen molar-refractivity contribution in [3.63, 3.8) is 0 Å². The molecule has 5 heterocycles. The van der Waals surface area contributed by atoms with E-state index in [1.54, 1.807) is 6.07 Å². The van der Waals surface area contributed by atoms with Crippen LogP contribution in [0.25, 0.3) is 21.0 Å². The number of amides is 1. The summed E-state index contributed by atoms with van der Waals surface area (Å²) in [4.78, 5) is 31.4. The molecule has 6 rings (SSSR count). The first kappa shape index (κ1) is 24.1. The van der Waals surface area contributed by atoms with Gasteiger partial charge in [-0.3, -0.25) is 9.69 Å². The first-order chi connectivity index (χ1) is 18.0. The Morgan fingerprint density at radius 1 is 1.08 bits per heavy atom. The van der Waals surface area contributed by atoms with Crippen LogP contribution in [0.1, 0.15) is 9.67 Å². The van der Waals surface area contributed by atoms with Gasteiger partial charge in [-0.25, -0.2) is 9.97 Å². The number of pyridine rings is 1. The van der Waals surface area contributed by atoms with E-state index in [2.05, 4.69) is 42.8 Å². The van der Waals surface area contributed by atoms with E-state index in [0.29, 0.717) is 47.4 Å². The zero-order chi connectivity index (χ0) is 25.4. The fourth-order valence-corrected chi connectivity index (χ4v) is 5.92. The third-order valence-electron chi connectivity index (χ3n) is 6.61. The lowest BCUT2D eigenvalue weighted by Crippen LogP contribution is -2.45. The zero-order valence-corrected chi connectivity index (χ0v) is 22.0. The molecule has 3 N–H and O–H groups in total. The number of thiophene rings is 1. The highest BCUT2D eigenvalue weighted by Crippen LogP contribution is 2.40. The fourth-order valence-electron chi connectivity index (χ4n) is 4.64. The molecule has 3 aromatic heterocycles. The number of ether oxygens (including phenoxy) is 1. The van der Waals surface area contributed by atoms with Crippen molar-refractivity contribution >= 4 is 67.3 Å². The van der Waals surface area contributed by atoms with E-state index in [1.165, 1.54) is 11.3 Å². The van der Waals surface area contributed by atoms with E-state index in [1.807, 2.05) is 24.3 Å². The molecule has 2 aliphatic heterocycles. The number of nitrogens with zero attached hydrogens (tertiary/aromatic N) is 5. The summed E-state index contributed by atoms with van der Waals surface area (Å²) in [7, 11) is 2.14. The molecule has 37 heavy (non-hydrogen) atoms. The van der Waals surface area contributed by atoms with Gasteiger partial charge in [-0.05, 0) is 31.3 Å². The van der Waals surface area contributed by atoms with Crippen LogP contribution in [0.5, 0.6) is 5.88 Å². The van der Waals surface area contributed by atoms with Crippen LogP contribution in [-0.4, -0.2) is 90.1 Å². The summed E-state index contributed by atoms with van der Waals surface area (Å²) in [5, 5.41) is 11.8. The fraction of sp³-hybridized carbons (Fsp3) is 0.360. The van der Waals surface area contributed by atoms with Gasteiger partial charge in [0.1, 0.15) is 22.5 Å². The van der Waals surface area contributed by atoms with Crippen LogP contribution < -0.4 is 20.7 Å². The summed E-state index contributed by atoms with van der Waals surface area (Å²) >= 11 is 7.74. The summed E-state index contributed by atoms with van der Waals surface area (Å²) in [6, 6.07) is 9.46. The Morgan fingerprint density at radius 2 is 1.92 bits per heavy atom. The normalized spacial score (nSPS) is 16.8.